The van der Waals surface area contributed by atoms with Gasteiger partial charge in [0.15, 0.2) is 0 Å². The van der Waals surface area contributed by atoms with Crippen LogP contribution in [0.5, 0.6) is 0 Å². The summed E-state index contributed by atoms with van der Waals surface area (Å²) >= 11 is 1.45. The average Bonchev–Trinajstić information content (AvgIpc) is 3.32. The van der Waals surface area contributed by atoms with Crippen LogP contribution in [0.25, 0.3) is 20.7 Å². The molecule has 4 rings (SSSR count). The van der Waals surface area contributed by atoms with Crippen LogP contribution < -0.4 is 10.9 Å². The molecule has 0 saturated carbocycles. The maximum absolute atomic E-state index is 12.8. The Kier molecular flexibility index (Phi) is 4.79. The van der Waals surface area contributed by atoms with E-state index < -0.39 is 0 Å². The Labute approximate surface area is 171 Å². The van der Waals surface area contributed by atoms with Crippen LogP contribution in [0.2, 0.25) is 0 Å². The van der Waals surface area contributed by atoms with E-state index in [1.165, 1.54) is 22.2 Å². The number of hydrogen-bond acceptors (Lipinski definition) is 6. The number of amides is 1. The van der Waals surface area contributed by atoms with Crippen LogP contribution in [0.15, 0.2) is 58.1 Å². The van der Waals surface area contributed by atoms with Gasteiger partial charge in [0.25, 0.3) is 5.56 Å². The molecule has 0 atom stereocenters. The Hall–Kier alpha value is -3.26. The molecule has 0 fully saturated rings. The Morgan fingerprint density at radius 3 is 2.66 bits per heavy atom. The van der Waals surface area contributed by atoms with Crippen molar-refractivity contribution in [1.82, 2.24) is 14.7 Å². The van der Waals surface area contributed by atoms with Crippen molar-refractivity contribution < 1.29 is 9.32 Å². The lowest BCUT2D eigenvalue weighted by atomic mass is 9.92. The maximum atomic E-state index is 12.8. The number of carbonyl (C=O) groups excluding carboxylic acids is 1. The normalized spacial score (nSPS) is 11.7. The van der Waals surface area contributed by atoms with Gasteiger partial charge >= 0.3 is 0 Å². The van der Waals surface area contributed by atoms with E-state index in [9.17, 15) is 9.59 Å². The molecule has 1 N–H and O–H groups in total. The summed E-state index contributed by atoms with van der Waals surface area (Å²) < 4.78 is 6.46. The lowest BCUT2D eigenvalue weighted by Gasteiger charge is -2.12. The lowest BCUT2D eigenvalue weighted by molar-refractivity contribution is -0.116. The highest BCUT2D eigenvalue weighted by Gasteiger charge is 2.20. The Morgan fingerprint density at radius 1 is 1.21 bits per heavy atom. The van der Waals surface area contributed by atoms with E-state index in [-0.39, 0.29) is 29.3 Å². The zero-order valence-electron chi connectivity index (χ0n) is 16.3. The number of thiophene rings is 1. The minimum Gasteiger partial charge on any atom is -0.338 e. The summed E-state index contributed by atoms with van der Waals surface area (Å²) in [6.07, 6.45) is 1.40. The summed E-state index contributed by atoms with van der Waals surface area (Å²) in [4.78, 5) is 31.1. The molecule has 0 bridgehead atoms. The van der Waals surface area contributed by atoms with Crippen molar-refractivity contribution >= 4 is 33.3 Å². The third kappa shape index (κ3) is 3.97. The van der Waals surface area contributed by atoms with Crippen LogP contribution in [0, 0.1) is 0 Å². The molecule has 4 aromatic rings. The summed E-state index contributed by atoms with van der Waals surface area (Å²) in [5.41, 5.74) is 1.32. The predicted molar refractivity (Wildman–Crippen MR) is 113 cm³/mol. The van der Waals surface area contributed by atoms with E-state index >= 15 is 0 Å². The van der Waals surface area contributed by atoms with Gasteiger partial charge in [-0.25, -0.2) is 4.98 Å². The summed E-state index contributed by atoms with van der Waals surface area (Å²) in [6.45, 7) is 5.84. The molecule has 8 heteroatoms. The van der Waals surface area contributed by atoms with Gasteiger partial charge in [0.1, 0.15) is 11.4 Å². The molecule has 0 aliphatic heterocycles. The number of fused-ring (bicyclic) bond motifs is 1. The van der Waals surface area contributed by atoms with E-state index in [1.54, 1.807) is 6.07 Å². The first-order valence-corrected chi connectivity index (χ1v) is 9.94. The first kappa shape index (κ1) is 19.1. The van der Waals surface area contributed by atoms with Gasteiger partial charge in [-0.15, -0.1) is 11.3 Å². The summed E-state index contributed by atoms with van der Waals surface area (Å²) in [5, 5.41) is 7.10. The van der Waals surface area contributed by atoms with E-state index in [1.807, 2.05) is 57.2 Å². The molecular formula is C21H20N4O3S. The molecule has 0 saturated heterocycles. The van der Waals surface area contributed by atoms with Crippen molar-refractivity contribution in [2.24, 2.45) is 0 Å². The topological polar surface area (TPSA) is 90.0 Å². The van der Waals surface area contributed by atoms with Gasteiger partial charge in [0.2, 0.25) is 11.8 Å². The standard InChI is InChI=1S/C21H20N4O3S/c1-21(2,3)16-10-18(28-24-16)23-17(26)11-25-12-22-19-14(20(25)27)9-15(29-19)13-7-5-4-6-8-13/h4-10,12H,11H2,1-3H3,(H,23,26). The third-order valence-electron chi connectivity index (χ3n) is 4.43. The number of benzene rings is 1. The van der Waals surface area contributed by atoms with Crippen molar-refractivity contribution in [2.45, 2.75) is 32.7 Å². The molecule has 1 aromatic carbocycles. The first-order valence-electron chi connectivity index (χ1n) is 9.13. The van der Waals surface area contributed by atoms with Crippen LogP contribution >= 0.6 is 11.3 Å². The van der Waals surface area contributed by atoms with Gasteiger partial charge < -0.3 is 4.52 Å². The second-order valence-electron chi connectivity index (χ2n) is 7.75. The SMILES string of the molecule is CC(C)(C)c1cc(NC(=O)Cn2cnc3sc(-c4ccccc4)cc3c2=O)on1. The van der Waals surface area contributed by atoms with Gasteiger partial charge in [-0.2, -0.15) is 0 Å². The second kappa shape index (κ2) is 7.29. The zero-order valence-corrected chi connectivity index (χ0v) is 17.1. The van der Waals surface area contributed by atoms with Gasteiger partial charge in [-0.3, -0.25) is 19.5 Å². The van der Waals surface area contributed by atoms with Crippen molar-refractivity contribution in [3.05, 3.63) is 64.8 Å². The van der Waals surface area contributed by atoms with Crippen LogP contribution in [0.1, 0.15) is 26.5 Å². The highest BCUT2D eigenvalue weighted by atomic mass is 32.1. The van der Waals surface area contributed by atoms with Gasteiger partial charge in [-0.1, -0.05) is 56.3 Å². The van der Waals surface area contributed by atoms with Crippen LogP contribution in [0.3, 0.4) is 0 Å². The number of aromatic nitrogens is 3. The molecule has 0 spiro atoms. The molecule has 1 amide bonds. The van der Waals surface area contributed by atoms with E-state index in [2.05, 4.69) is 15.5 Å². The van der Waals surface area contributed by atoms with Crippen molar-refractivity contribution in [1.29, 1.82) is 0 Å². The fourth-order valence-corrected chi connectivity index (χ4v) is 3.83. The molecule has 3 aromatic heterocycles. The number of nitrogens with one attached hydrogen (secondary N) is 1. The van der Waals surface area contributed by atoms with Gasteiger partial charge in [0, 0.05) is 16.4 Å². The summed E-state index contributed by atoms with van der Waals surface area (Å²) in [6, 6.07) is 13.3. The molecule has 0 unspecified atom stereocenters. The monoisotopic (exact) mass is 408 g/mol. The fraction of sp³-hybridized carbons (Fsp3) is 0.238. The van der Waals surface area contributed by atoms with Crippen molar-refractivity contribution in [3.63, 3.8) is 0 Å². The highest BCUT2D eigenvalue weighted by molar-refractivity contribution is 7.21. The maximum Gasteiger partial charge on any atom is 0.262 e. The molecule has 3 heterocycles. The Balaban J connectivity index is 1.55. The molecule has 148 valence electrons. The average molecular weight is 408 g/mol. The van der Waals surface area contributed by atoms with Crippen molar-refractivity contribution in [2.75, 3.05) is 5.32 Å². The van der Waals surface area contributed by atoms with Crippen LogP contribution in [-0.2, 0) is 16.8 Å². The predicted octanol–water partition coefficient (Wildman–Crippen LogP) is 4.05. The lowest BCUT2D eigenvalue weighted by Crippen LogP contribution is -2.27. The number of carbonyl (C=O) groups is 1. The number of hydrogen-bond donors (Lipinski definition) is 1. The largest absolute Gasteiger partial charge is 0.338 e. The van der Waals surface area contributed by atoms with E-state index in [4.69, 9.17) is 4.52 Å². The van der Waals surface area contributed by atoms with Crippen LogP contribution in [-0.4, -0.2) is 20.6 Å². The molecule has 29 heavy (non-hydrogen) atoms. The fourth-order valence-electron chi connectivity index (χ4n) is 2.84. The third-order valence-corrected chi connectivity index (χ3v) is 5.52. The second-order valence-corrected chi connectivity index (χ2v) is 8.78. The van der Waals surface area contributed by atoms with Crippen LogP contribution in [0.4, 0.5) is 5.88 Å². The van der Waals surface area contributed by atoms with Crippen molar-refractivity contribution in [3.8, 4) is 10.4 Å². The molecule has 0 radical (unpaired) electrons. The first-order chi connectivity index (χ1) is 13.8. The summed E-state index contributed by atoms with van der Waals surface area (Å²) in [7, 11) is 0. The minimum atomic E-state index is -0.386. The molecule has 0 aliphatic carbocycles. The van der Waals surface area contributed by atoms with Gasteiger partial charge in [0.05, 0.1) is 17.4 Å². The number of anilines is 1. The Morgan fingerprint density at radius 2 is 1.97 bits per heavy atom. The minimum absolute atomic E-state index is 0.163. The molecule has 7 nitrogen and oxygen atoms in total. The number of rotatable bonds is 4. The molecule has 0 aliphatic rings. The smallest absolute Gasteiger partial charge is 0.262 e. The Bertz CT molecular complexity index is 1230. The quantitative estimate of drug-likeness (QED) is 0.550. The summed E-state index contributed by atoms with van der Waals surface area (Å²) in [5.74, 6) is -0.132. The molecular weight excluding hydrogens is 388 g/mol. The van der Waals surface area contributed by atoms with E-state index in [0.29, 0.717) is 10.2 Å². The number of nitrogens with zero attached hydrogens (tertiary/aromatic N) is 3. The zero-order chi connectivity index (χ0) is 20.6. The highest BCUT2D eigenvalue weighted by Crippen LogP contribution is 2.30. The van der Waals surface area contributed by atoms with E-state index in [0.717, 1.165) is 16.1 Å². The van der Waals surface area contributed by atoms with Gasteiger partial charge in [-0.05, 0) is 11.6 Å².